The van der Waals surface area contributed by atoms with Gasteiger partial charge in [0.2, 0.25) is 0 Å². The largest absolute Gasteiger partial charge is 0.484 e. The van der Waals surface area contributed by atoms with Crippen LogP contribution in [-0.4, -0.2) is 18.7 Å². The van der Waals surface area contributed by atoms with Crippen molar-refractivity contribution in [2.75, 3.05) is 6.61 Å². The normalized spacial score (nSPS) is 10.7. The Morgan fingerprint density at radius 3 is 2.27 bits per heavy atom. The Balaban J connectivity index is 1.48. The van der Waals surface area contributed by atoms with Crippen LogP contribution in [0, 0.1) is 0 Å². The Labute approximate surface area is 157 Å². The van der Waals surface area contributed by atoms with Crippen LogP contribution in [0.1, 0.15) is 5.56 Å². The van der Waals surface area contributed by atoms with Gasteiger partial charge in [0.1, 0.15) is 5.75 Å². The van der Waals surface area contributed by atoms with Crippen LogP contribution in [0.15, 0.2) is 84.0 Å². The molecule has 0 unspecified atom stereocenters. The lowest BCUT2D eigenvalue weighted by atomic mass is 10.0. The first kappa shape index (κ1) is 17.7. The van der Waals surface area contributed by atoms with E-state index in [9.17, 15) is 4.79 Å². The molecule has 0 aromatic heterocycles. The number of amides is 1. The second-order valence-corrected chi connectivity index (χ2v) is 5.96. The molecule has 4 nitrogen and oxygen atoms in total. The van der Waals surface area contributed by atoms with Crippen LogP contribution in [0.4, 0.5) is 0 Å². The summed E-state index contributed by atoms with van der Waals surface area (Å²) in [6.07, 6.45) is 1.59. The van der Waals surface area contributed by atoms with E-state index in [1.54, 1.807) is 30.5 Å². The third-order valence-corrected chi connectivity index (χ3v) is 3.86. The number of halogens is 1. The molecule has 0 spiro atoms. The van der Waals surface area contributed by atoms with Crippen molar-refractivity contribution >= 4 is 23.7 Å². The van der Waals surface area contributed by atoms with Gasteiger partial charge in [-0.1, -0.05) is 66.2 Å². The molecular weight excluding hydrogens is 348 g/mol. The number of hydrazone groups is 1. The van der Waals surface area contributed by atoms with E-state index < -0.39 is 0 Å². The van der Waals surface area contributed by atoms with Crippen molar-refractivity contribution in [1.82, 2.24) is 5.43 Å². The first-order valence-corrected chi connectivity index (χ1v) is 8.44. The highest BCUT2D eigenvalue weighted by atomic mass is 35.5. The summed E-state index contributed by atoms with van der Waals surface area (Å²) in [7, 11) is 0. The molecule has 0 saturated carbocycles. The van der Waals surface area contributed by atoms with Gasteiger partial charge in [0.05, 0.1) is 6.21 Å². The minimum Gasteiger partial charge on any atom is -0.484 e. The van der Waals surface area contributed by atoms with Crippen LogP contribution in [0.5, 0.6) is 5.75 Å². The summed E-state index contributed by atoms with van der Waals surface area (Å²) in [5, 5.41) is 4.56. The molecule has 26 heavy (non-hydrogen) atoms. The maximum Gasteiger partial charge on any atom is 0.277 e. The molecule has 0 aliphatic heterocycles. The number of nitrogens with zero attached hydrogens (tertiary/aromatic N) is 1. The van der Waals surface area contributed by atoms with Gasteiger partial charge in [0.25, 0.3) is 5.91 Å². The smallest absolute Gasteiger partial charge is 0.277 e. The van der Waals surface area contributed by atoms with E-state index in [1.165, 1.54) is 0 Å². The monoisotopic (exact) mass is 364 g/mol. The minimum atomic E-state index is -0.336. The molecule has 1 amide bonds. The van der Waals surface area contributed by atoms with Crippen molar-refractivity contribution < 1.29 is 9.53 Å². The number of carbonyl (C=O) groups is 1. The zero-order chi connectivity index (χ0) is 18.2. The molecule has 130 valence electrons. The quantitative estimate of drug-likeness (QED) is 0.516. The van der Waals surface area contributed by atoms with Gasteiger partial charge >= 0.3 is 0 Å². The predicted octanol–water partition coefficient (Wildman–Crippen LogP) is 4.54. The fourth-order valence-electron chi connectivity index (χ4n) is 2.28. The average Bonchev–Trinajstić information content (AvgIpc) is 2.69. The molecule has 0 radical (unpaired) electrons. The summed E-state index contributed by atoms with van der Waals surface area (Å²) < 4.78 is 5.35. The summed E-state index contributed by atoms with van der Waals surface area (Å²) >= 11 is 5.79. The van der Waals surface area contributed by atoms with E-state index in [1.807, 2.05) is 42.5 Å². The molecule has 0 bridgehead atoms. The minimum absolute atomic E-state index is 0.119. The number of carbonyl (C=O) groups excluding carboxylic acids is 1. The Hall–Kier alpha value is -3.11. The molecular formula is C21H17ClN2O2. The first-order valence-electron chi connectivity index (χ1n) is 8.06. The van der Waals surface area contributed by atoms with Gasteiger partial charge in [-0.3, -0.25) is 4.79 Å². The van der Waals surface area contributed by atoms with Crippen molar-refractivity contribution in [3.05, 3.63) is 89.4 Å². The topological polar surface area (TPSA) is 50.7 Å². The highest BCUT2D eigenvalue weighted by molar-refractivity contribution is 6.30. The van der Waals surface area contributed by atoms with Crippen LogP contribution >= 0.6 is 11.6 Å². The van der Waals surface area contributed by atoms with Gasteiger partial charge in [-0.25, -0.2) is 5.43 Å². The molecule has 0 heterocycles. The maximum absolute atomic E-state index is 11.7. The molecule has 0 saturated heterocycles. The summed E-state index contributed by atoms with van der Waals surface area (Å²) in [6, 6.07) is 24.9. The zero-order valence-electron chi connectivity index (χ0n) is 13.9. The van der Waals surface area contributed by atoms with Crippen LogP contribution in [-0.2, 0) is 4.79 Å². The summed E-state index contributed by atoms with van der Waals surface area (Å²) in [5.74, 6) is 0.238. The third kappa shape index (κ3) is 5.19. The molecule has 0 fully saturated rings. The molecule has 0 atom stereocenters. The Kier molecular flexibility index (Phi) is 6.01. The van der Waals surface area contributed by atoms with Crippen molar-refractivity contribution in [1.29, 1.82) is 0 Å². The predicted molar refractivity (Wildman–Crippen MR) is 105 cm³/mol. The van der Waals surface area contributed by atoms with Crippen LogP contribution in [0.3, 0.4) is 0 Å². The van der Waals surface area contributed by atoms with Gasteiger partial charge < -0.3 is 4.74 Å². The number of nitrogens with one attached hydrogen (secondary N) is 1. The number of ether oxygens (including phenoxy) is 1. The Morgan fingerprint density at radius 1 is 0.923 bits per heavy atom. The third-order valence-electron chi connectivity index (χ3n) is 3.60. The van der Waals surface area contributed by atoms with E-state index in [0.717, 1.165) is 16.7 Å². The van der Waals surface area contributed by atoms with Crippen molar-refractivity contribution in [2.24, 2.45) is 5.10 Å². The van der Waals surface area contributed by atoms with E-state index >= 15 is 0 Å². The molecule has 0 aliphatic carbocycles. The van der Waals surface area contributed by atoms with Crippen molar-refractivity contribution in [2.45, 2.75) is 0 Å². The van der Waals surface area contributed by atoms with Gasteiger partial charge in [0.15, 0.2) is 6.61 Å². The molecule has 3 aromatic rings. The number of rotatable bonds is 6. The summed E-state index contributed by atoms with van der Waals surface area (Å²) in [5.41, 5.74) is 5.61. The van der Waals surface area contributed by atoms with E-state index in [2.05, 4.69) is 22.7 Å². The fraction of sp³-hybridized carbons (Fsp3) is 0.0476. The molecule has 1 N–H and O–H groups in total. The van der Waals surface area contributed by atoms with E-state index in [0.29, 0.717) is 10.8 Å². The average molecular weight is 365 g/mol. The molecule has 3 aromatic carbocycles. The molecule has 5 heteroatoms. The molecule has 3 rings (SSSR count). The lowest BCUT2D eigenvalue weighted by molar-refractivity contribution is -0.123. The first-order chi connectivity index (χ1) is 12.7. The SMILES string of the molecule is O=C(COc1ccc(Cl)cc1)N/N=C\c1ccc(-c2ccccc2)cc1. The Bertz CT molecular complexity index is 876. The van der Waals surface area contributed by atoms with Gasteiger partial charge in [-0.05, 0) is 41.0 Å². The van der Waals surface area contributed by atoms with Gasteiger partial charge in [-0.15, -0.1) is 0 Å². The van der Waals surface area contributed by atoms with E-state index in [4.69, 9.17) is 16.3 Å². The Morgan fingerprint density at radius 2 is 1.58 bits per heavy atom. The zero-order valence-corrected chi connectivity index (χ0v) is 14.7. The van der Waals surface area contributed by atoms with Gasteiger partial charge in [-0.2, -0.15) is 5.10 Å². The lowest BCUT2D eigenvalue weighted by Gasteiger charge is -2.05. The summed E-state index contributed by atoms with van der Waals surface area (Å²) in [6.45, 7) is -0.119. The fourth-order valence-corrected chi connectivity index (χ4v) is 2.41. The number of hydrogen-bond acceptors (Lipinski definition) is 3. The highest BCUT2D eigenvalue weighted by Gasteiger charge is 2.01. The number of benzene rings is 3. The standard InChI is InChI=1S/C21H17ClN2O2/c22-19-10-12-20(13-11-19)26-15-21(25)24-23-14-16-6-8-18(9-7-16)17-4-2-1-3-5-17/h1-14H,15H2,(H,24,25)/b23-14-. The van der Waals surface area contributed by atoms with Crippen LogP contribution < -0.4 is 10.2 Å². The molecule has 0 aliphatic rings. The van der Waals surface area contributed by atoms with Gasteiger partial charge in [0, 0.05) is 5.02 Å². The number of hydrogen-bond donors (Lipinski definition) is 1. The second-order valence-electron chi connectivity index (χ2n) is 5.52. The van der Waals surface area contributed by atoms with Crippen molar-refractivity contribution in [3.63, 3.8) is 0 Å². The lowest BCUT2D eigenvalue weighted by Crippen LogP contribution is -2.24. The van der Waals surface area contributed by atoms with E-state index in [-0.39, 0.29) is 12.5 Å². The maximum atomic E-state index is 11.7. The van der Waals surface area contributed by atoms with Crippen LogP contribution in [0.25, 0.3) is 11.1 Å². The summed E-state index contributed by atoms with van der Waals surface area (Å²) in [4.78, 5) is 11.7. The van der Waals surface area contributed by atoms with Crippen molar-refractivity contribution in [3.8, 4) is 16.9 Å². The van der Waals surface area contributed by atoms with Crippen LogP contribution in [0.2, 0.25) is 5.02 Å². The highest BCUT2D eigenvalue weighted by Crippen LogP contribution is 2.18. The second kappa shape index (κ2) is 8.83.